The number of amides is 1. The molecule has 2 atom stereocenters. The fourth-order valence-electron chi connectivity index (χ4n) is 2.54. The zero-order chi connectivity index (χ0) is 16.9. The number of methoxy groups -OCH3 is 1. The quantitative estimate of drug-likeness (QED) is 0.820. The predicted molar refractivity (Wildman–Crippen MR) is 87.2 cm³/mol. The average Bonchev–Trinajstić information content (AvgIpc) is 3.01. The van der Waals surface area contributed by atoms with E-state index in [0.717, 1.165) is 12.8 Å². The van der Waals surface area contributed by atoms with Gasteiger partial charge in [0.15, 0.2) is 9.84 Å². The van der Waals surface area contributed by atoms with Crippen molar-refractivity contribution in [3.05, 3.63) is 24.3 Å². The molecular formula is C16H23NO5S. The van der Waals surface area contributed by atoms with Crippen LogP contribution in [0.5, 0.6) is 0 Å². The van der Waals surface area contributed by atoms with Gasteiger partial charge in [0.25, 0.3) is 5.91 Å². The van der Waals surface area contributed by atoms with E-state index in [0.29, 0.717) is 18.7 Å². The van der Waals surface area contributed by atoms with Gasteiger partial charge in [-0.25, -0.2) is 8.42 Å². The molecule has 1 heterocycles. The highest BCUT2D eigenvalue weighted by atomic mass is 32.2. The first-order valence-corrected chi connectivity index (χ1v) is 9.39. The average molecular weight is 341 g/mol. The number of carbonyl (C=O) groups is 1. The van der Waals surface area contributed by atoms with Gasteiger partial charge in [0, 0.05) is 19.4 Å². The Bertz CT molecular complexity index is 616. The lowest BCUT2D eigenvalue weighted by molar-refractivity contribution is -0.125. The molecule has 1 fully saturated rings. The Balaban J connectivity index is 2.02. The molecule has 1 saturated heterocycles. The minimum atomic E-state index is -3.38. The van der Waals surface area contributed by atoms with Crippen molar-refractivity contribution < 1.29 is 22.7 Å². The van der Waals surface area contributed by atoms with Crippen LogP contribution in [0.15, 0.2) is 29.2 Å². The molecule has 1 N–H and O–H groups in total. The van der Waals surface area contributed by atoms with Crippen molar-refractivity contribution in [3.63, 3.8) is 0 Å². The van der Waals surface area contributed by atoms with Crippen LogP contribution in [-0.2, 0) is 24.1 Å². The maximum Gasteiger partial charge on any atom is 0.253 e. The fraction of sp³-hybridized carbons (Fsp3) is 0.562. The van der Waals surface area contributed by atoms with Gasteiger partial charge in [-0.1, -0.05) is 6.92 Å². The van der Waals surface area contributed by atoms with Gasteiger partial charge in [0.05, 0.1) is 16.8 Å². The van der Waals surface area contributed by atoms with E-state index in [1.807, 2.05) is 6.92 Å². The van der Waals surface area contributed by atoms with Crippen LogP contribution in [-0.4, -0.2) is 46.0 Å². The summed E-state index contributed by atoms with van der Waals surface area (Å²) in [6.45, 7) is 2.48. The number of sulfone groups is 1. The van der Waals surface area contributed by atoms with Crippen molar-refractivity contribution in [2.45, 2.75) is 43.3 Å². The van der Waals surface area contributed by atoms with E-state index in [1.54, 1.807) is 12.1 Å². The maximum absolute atomic E-state index is 12.3. The Labute approximate surface area is 137 Å². The summed E-state index contributed by atoms with van der Waals surface area (Å²) in [5.41, 5.74) is 0.543. The topological polar surface area (TPSA) is 81.7 Å². The molecular weight excluding hydrogens is 318 g/mol. The normalized spacial score (nSPS) is 19.5. The molecule has 0 aliphatic carbocycles. The molecule has 1 aliphatic heterocycles. The van der Waals surface area contributed by atoms with Crippen LogP contribution in [0.4, 0.5) is 5.69 Å². The molecule has 0 bridgehead atoms. The molecule has 1 aliphatic rings. The van der Waals surface area contributed by atoms with Crippen LogP contribution in [0.25, 0.3) is 0 Å². The van der Waals surface area contributed by atoms with Crippen LogP contribution in [0, 0.1) is 0 Å². The molecule has 0 spiro atoms. The summed E-state index contributed by atoms with van der Waals surface area (Å²) < 4.78 is 35.1. The van der Waals surface area contributed by atoms with Crippen LogP contribution >= 0.6 is 0 Å². The second-order valence-electron chi connectivity index (χ2n) is 5.56. The molecule has 0 saturated carbocycles. The summed E-state index contributed by atoms with van der Waals surface area (Å²) in [5.74, 6) is -0.245. The zero-order valence-corrected chi connectivity index (χ0v) is 14.3. The first-order valence-electron chi connectivity index (χ1n) is 7.74. The van der Waals surface area contributed by atoms with Gasteiger partial charge >= 0.3 is 0 Å². The highest BCUT2D eigenvalue weighted by Gasteiger charge is 2.25. The van der Waals surface area contributed by atoms with E-state index in [2.05, 4.69) is 5.32 Å². The van der Waals surface area contributed by atoms with Gasteiger partial charge in [-0.15, -0.1) is 0 Å². The molecule has 0 unspecified atom stereocenters. The Hall–Kier alpha value is -1.44. The van der Waals surface area contributed by atoms with Gasteiger partial charge in [0.1, 0.15) is 6.10 Å². The van der Waals surface area contributed by atoms with Crippen molar-refractivity contribution in [1.29, 1.82) is 0 Å². The third kappa shape index (κ3) is 4.76. The molecule has 0 aromatic heterocycles. The molecule has 2 rings (SSSR count). The highest BCUT2D eigenvalue weighted by molar-refractivity contribution is 7.91. The van der Waals surface area contributed by atoms with Crippen molar-refractivity contribution >= 4 is 21.4 Å². The zero-order valence-electron chi connectivity index (χ0n) is 13.4. The van der Waals surface area contributed by atoms with Crippen LogP contribution in [0.1, 0.15) is 26.2 Å². The minimum Gasteiger partial charge on any atom is -0.377 e. The SMILES string of the molecule is CC[C@H](OC)C(=O)Nc1ccc(S(=O)(=O)C[C@@H]2CCCO2)cc1. The third-order valence-corrected chi connectivity index (χ3v) is 5.66. The molecule has 1 aromatic carbocycles. The molecule has 6 nitrogen and oxygen atoms in total. The van der Waals surface area contributed by atoms with Crippen molar-refractivity contribution in [1.82, 2.24) is 0 Å². The Morgan fingerprint density at radius 1 is 1.39 bits per heavy atom. The Morgan fingerprint density at radius 3 is 2.61 bits per heavy atom. The van der Waals surface area contributed by atoms with Crippen molar-refractivity contribution in [2.75, 3.05) is 24.8 Å². The largest absolute Gasteiger partial charge is 0.377 e. The molecule has 23 heavy (non-hydrogen) atoms. The number of ether oxygens (including phenoxy) is 2. The van der Waals surface area contributed by atoms with Crippen molar-refractivity contribution in [3.8, 4) is 0 Å². The summed E-state index contributed by atoms with van der Waals surface area (Å²) in [6.07, 6.45) is 1.52. The van der Waals surface area contributed by atoms with E-state index >= 15 is 0 Å². The van der Waals surface area contributed by atoms with Crippen LogP contribution < -0.4 is 5.32 Å². The molecule has 128 valence electrons. The minimum absolute atomic E-state index is 0.000287. The molecule has 1 aromatic rings. The number of hydrogen-bond acceptors (Lipinski definition) is 5. The lowest BCUT2D eigenvalue weighted by Crippen LogP contribution is -2.28. The number of carbonyl (C=O) groups excluding carboxylic acids is 1. The lowest BCUT2D eigenvalue weighted by atomic mass is 10.2. The van der Waals surface area contributed by atoms with E-state index in [9.17, 15) is 13.2 Å². The number of nitrogens with one attached hydrogen (secondary N) is 1. The molecule has 0 radical (unpaired) electrons. The monoisotopic (exact) mass is 341 g/mol. The van der Waals surface area contributed by atoms with Gasteiger partial charge in [-0.05, 0) is 43.5 Å². The van der Waals surface area contributed by atoms with Crippen molar-refractivity contribution in [2.24, 2.45) is 0 Å². The predicted octanol–water partition coefficient (Wildman–Crippen LogP) is 2.00. The second-order valence-corrected chi connectivity index (χ2v) is 7.60. The van der Waals surface area contributed by atoms with Gasteiger partial charge in [0.2, 0.25) is 0 Å². The van der Waals surface area contributed by atoms with E-state index < -0.39 is 15.9 Å². The molecule has 1 amide bonds. The first kappa shape index (κ1) is 17.9. The summed E-state index contributed by atoms with van der Waals surface area (Å²) in [6, 6.07) is 6.19. The number of anilines is 1. The standard InChI is InChI=1S/C16H23NO5S/c1-3-15(21-2)16(18)17-12-6-8-14(9-7-12)23(19,20)11-13-5-4-10-22-13/h6-9,13,15H,3-5,10-11H2,1-2H3,(H,17,18)/t13-,15-/m0/s1. The molecule has 7 heteroatoms. The Morgan fingerprint density at radius 2 is 2.09 bits per heavy atom. The van der Waals surface area contributed by atoms with E-state index in [1.165, 1.54) is 19.2 Å². The number of hydrogen-bond donors (Lipinski definition) is 1. The van der Waals surface area contributed by atoms with Crippen LogP contribution in [0.3, 0.4) is 0 Å². The smallest absolute Gasteiger partial charge is 0.253 e. The summed E-state index contributed by atoms with van der Waals surface area (Å²) >= 11 is 0. The first-order chi connectivity index (χ1) is 11.0. The van der Waals surface area contributed by atoms with Gasteiger partial charge < -0.3 is 14.8 Å². The number of rotatable bonds is 7. The Kier molecular flexibility index (Phi) is 6.15. The number of benzene rings is 1. The maximum atomic E-state index is 12.3. The van der Waals surface area contributed by atoms with E-state index in [4.69, 9.17) is 9.47 Å². The van der Waals surface area contributed by atoms with Gasteiger partial charge in [-0.3, -0.25) is 4.79 Å². The van der Waals surface area contributed by atoms with Gasteiger partial charge in [-0.2, -0.15) is 0 Å². The second kappa shape index (κ2) is 7.90. The van der Waals surface area contributed by atoms with E-state index in [-0.39, 0.29) is 22.7 Å². The summed E-state index contributed by atoms with van der Waals surface area (Å²) in [4.78, 5) is 12.2. The third-order valence-electron chi connectivity index (χ3n) is 3.86. The highest BCUT2D eigenvalue weighted by Crippen LogP contribution is 2.20. The lowest BCUT2D eigenvalue weighted by Gasteiger charge is -2.14. The fourth-order valence-corrected chi connectivity index (χ4v) is 4.04. The summed E-state index contributed by atoms with van der Waals surface area (Å²) in [7, 11) is -1.90. The summed E-state index contributed by atoms with van der Waals surface area (Å²) in [5, 5.41) is 2.71. The van der Waals surface area contributed by atoms with Crippen LogP contribution in [0.2, 0.25) is 0 Å².